The van der Waals surface area contributed by atoms with Gasteiger partial charge in [0.25, 0.3) is 0 Å². The maximum absolute atomic E-state index is 2.39. The van der Waals surface area contributed by atoms with E-state index in [2.05, 4.69) is 97.0 Å². The first-order valence-corrected chi connectivity index (χ1v) is 11.8. The summed E-state index contributed by atoms with van der Waals surface area (Å²) in [5.41, 5.74) is 11.3. The van der Waals surface area contributed by atoms with Gasteiger partial charge in [-0.2, -0.15) is 0 Å². The van der Waals surface area contributed by atoms with Crippen LogP contribution in [0, 0.1) is 0 Å². The van der Waals surface area contributed by atoms with Crippen LogP contribution >= 0.6 is 0 Å². The first-order chi connectivity index (χ1) is 15.3. The van der Waals surface area contributed by atoms with Crippen LogP contribution in [0.2, 0.25) is 0 Å². The molecule has 0 atom stereocenters. The number of allylic oxidation sites excluding steroid dienone is 2. The van der Waals surface area contributed by atoms with Gasteiger partial charge in [-0.25, -0.2) is 0 Å². The average molecular weight is 406 g/mol. The number of hydrogen-bond donors (Lipinski definition) is 0. The van der Waals surface area contributed by atoms with E-state index in [1.807, 2.05) is 0 Å². The smallest absolute Gasteiger partial charge is 0.0449 e. The molecule has 0 amide bonds. The topological polar surface area (TPSA) is 3.24 Å². The van der Waals surface area contributed by atoms with Gasteiger partial charge in [-0.15, -0.1) is 0 Å². The van der Waals surface area contributed by atoms with Gasteiger partial charge in [-0.05, 0) is 96.0 Å². The van der Waals surface area contributed by atoms with Crippen LogP contribution < -0.4 is 4.90 Å². The quantitative estimate of drug-likeness (QED) is 0.428. The maximum Gasteiger partial charge on any atom is 0.0449 e. The van der Waals surface area contributed by atoms with Crippen molar-refractivity contribution in [1.29, 1.82) is 0 Å². The van der Waals surface area contributed by atoms with Crippen molar-refractivity contribution in [3.63, 3.8) is 0 Å². The first-order valence-electron chi connectivity index (χ1n) is 11.8. The van der Waals surface area contributed by atoms with Gasteiger partial charge in [-0.1, -0.05) is 67.6 Å². The summed E-state index contributed by atoms with van der Waals surface area (Å²) < 4.78 is 0. The van der Waals surface area contributed by atoms with Crippen LogP contribution in [0.3, 0.4) is 0 Å². The molecule has 1 nitrogen and oxygen atoms in total. The number of aryl methyl sites for hydroxylation is 3. The Morgan fingerprint density at radius 3 is 1.68 bits per heavy atom. The molecule has 0 aliphatic heterocycles. The van der Waals surface area contributed by atoms with Gasteiger partial charge in [0.05, 0.1) is 0 Å². The molecule has 0 spiro atoms. The maximum atomic E-state index is 2.39. The highest BCUT2D eigenvalue weighted by Crippen LogP contribution is 2.35. The van der Waals surface area contributed by atoms with Gasteiger partial charge in [-0.3, -0.25) is 0 Å². The molecule has 0 saturated heterocycles. The van der Waals surface area contributed by atoms with E-state index in [1.165, 1.54) is 70.3 Å². The number of anilines is 1. The van der Waals surface area contributed by atoms with Crippen molar-refractivity contribution >= 4 is 16.8 Å². The second-order valence-electron chi connectivity index (χ2n) is 8.76. The van der Waals surface area contributed by atoms with Crippen molar-refractivity contribution in [2.45, 2.75) is 51.9 Å². The number of hydrogen-bond acceptors (Lipinski definition) is 1. The van der Waals surface area contributed by atoms with E-state index in [1.54, 1.807) is 0 Å². The lowest BCUT2D eigenvalue weighted by Gasteiger charge is -2.26. The summed E-state index contributed by atoms with van der Waals surface area (Å²) in [4.78, 5) is 2.38. The molecule has 31 heavy (non-hydrogen) atoms. The Bertz CT molecular complexity index is 1050. The second kappa shape index (κ2) is 8.98. The third kappa shape index (κ3) is 4.23. The van der Waals surface area contributed by atoms with E-state index >= 15 is 0 Å². The third-order valence-corrected chi connectivity index (χ3v) is 6.74. The van der Waals surface area contributed by atoms with E-state index in [0.717, 1.165) is 19.3 Å². The molecule has 0 radical (unpaired) electrons. The average Bonchev–Trinajstić information content (AvgIpc) is 2.84. The molecule has 156 valence electrons. The molecular weight excluding hydrogens is 374 g/mol. The fraction of sp³-hybridized carbons (Fsp3) is 0.267. The SMILES string of the molecule is CCc1ccc(N(C=C2CCCc3ccccc32)C=C2CCCc3ccccc32)cc1. The first kappa shape index (κ1) is 19.9. The van der Waals surface area contributed by atoms with E-state index in [9.17, 15) is 0 Å². The minimum Gasteiger partial charge on any atom is -0.323 e. The van der Waals surface area contributed by atoms with Crippen LogP contribution in [0.5, 0.6) is 0 Å². The monoisotopic (exact) mass is 405 g/mol. The summed E-state index contributed by atoms with van der Waals surface area (Å²) >= 11 is 0. The molecule has 0 heterocycles. The summed E-state index contributed by atoms with van der Waals surface area (Å²) in [5.74, 6) is 0. The minimum absolute atomic E-state index is 1.07. The van der Waals surface area contributed by atoms with Gasteiger partial charge in [0.1, 0.15) is 0 Å². The fourth-order valence-electron chi connectivity index (χ4n) is 5.01. The van der Waals surface area contributed by atoms with Gasteiger partial charge >= 0.3 is 0 Å². The summed E-state index contributed by atoms with van der Waals surface area (Å²) in [6.07, 6.45) is 13.0. The molecule has 3 aromatic rings. The van der Waals surface area contributed by atoms with E-state index in [4.69, 9.17) is 0 Å². The van der Waals surface area contributed by atoms with Crippen molar-refractivity contribution in [1.82, 2.24) is 0 Å². The van der Waals surface area contributed by atoms with Gasteiger partial charge in [0.2, 0.25) is 0 Å². The van der Waals surface area contributed by atoms with Crippen LogP contribution in [-0.4, -0.2) is 0 Å². The molecule has 0 aromatic heterocycles. The molecule has 0 saturated carbocycles. The lowest BCUT2D eigenvalue weighted by molar-refractivity contribution is 0.817. The zero-order valence-corrected chi connectivity index (χ0v) is 18.5. The molecule has 0 unspecified atom stereocenters. The molecule has 1 heteroatoms. The largest absolute Gasteiger partial charge is 0.323 e. The molecule has 0 bridgehead atoms. The molecule has 2 aliphatic rings. The Kier molecular flexibility index (Phi) is 5.76. The van der Waals surface area contributed by atoms with Crippen LogP contribution in [0.1, 0.15) is 60.4 Å². The molecular formula is C30H31N. The molecule has 0 fully saturated rings. The third-order valence-electron chi connectivity index (χ3n) is 6.74. The summed E-state index contributed by atoms with van der Waals surface area (Å²) in [6.45, 7) is 2.22. The highest BCUT2D eigenvalue weighted by Gasteiger charge is 2.17. The van der Waals surface area contributed by atoms with Crippen LogP contribution in [0.25, 0.3) is 11.1 Å². The Balaban J connectivity index is 1.60. The Morgan fingerprint density at radius 2 is 1.16 bits per heavy atom. The number of benzene rings is 3. The Morgan fingerprint density at radius 1 is 0.645 bits per heavy atom. The molecule has 5 rings (SSSR count). The zero-order chi connectivity index (χ0) is 21.0. The zero-order valence-electron chi connectivity index (χ0n) is 18.5. The summed E-state index contributed by atoms with van der Waals surface area (Å²) in [6, 6.07) is 26.9. The predicted octanol–water partition coefficient (Wildman–Crippen LogP) is 7.81. The minimum atomic E-state index is 1.07. The van der Waals surface area contributed by atoms with E-state index in [-0.39, 0.29) is 0 Å². The predicted molar refractivity (Wildman–Crippen MR) is 133 cm³/mol. The van der Waals surface area contributed by atoms with Gasteiger partial charge in [0.15, 0.2) is 0 Å². The summed E-state index contributed by atoms with van der Waals surface area (Å²) in [7, 11) is 0. The second-order valence-corrected chi connectivity index (χ2v) is 8.76. The van der Waals surface area contributed by atoms with E-state index < -0.39 is 0 Å². The molecule has 2 aliphatic carbocycles. The number of nitrogens with zero attached hydrogens (tertiary/aromatic N) is 1. The van der Waals surface area contributed by atoms with Crippen molar-refractivity contribution < 1.29 is 0 Å². The van der Waals surface area contributed by atoms with Crippen LogP contribution in [-0.2, 0) is 19.3 Å². The summed E-state index contributed by atoms with van der Waals surface area (Å²) in [5, 5.41) is 0. The Labute approximate surface area is 186 Å². The van der Waals surface area contributed by atoms with Crippen molar-refractivity contribution in [3.8, 4) is 0 Å². The lowest BCUT2D eigenvalue weighted by Crippen LogP contribution is -2.13. The Hall–Kier alpha value is -3.06. The van der Waals surface area contributed by atoms with Crippen LogP contribution in [0.4, 0.5) is 5.69 Å². The van der Waals surface area contributed by atoms with Crippen LogP contribution in [0.15, 0.2) is 85.2 Å². The number of fused-ring (bicyclic) bond motifs is 2. The van der Waals surface area contributed by atoms with Crippen molar-refractivity contribution in [3.05, 3.63) is 113 Å². The normalized spacial score (nSPS) is 18.0. The standard InChI is InChI=1S/C30H31N/c1-2-23-17-19-28(20-18-23)31(21-26-13-7-11-24-9-3-5-15-29(24)26)22-27-14-8-12-25-10-4-6-16-30(25)27/h3-6,9-10,15-22H,2,7-8,11-14H2,1H3. The molecule has 0 N–H and O–H groups in total. The highest BCUT2D eigenvalue weighted by atomic mass is 15.1. The fourth-order valence-corrected chi connectivity index (χ4v) is 5.01. The van der Waals surface area contributed by atoms with Crippen molar-refractivity contribution in [2.24, 2.45) is 0 Å². The number of rotatable bonds is 4. The lowest BCUT2D eigenvalue weighted by atomic mass is 9.87. The highest BCUT2D eigenvalue weighted by molar-refractivity contribution is 5.77. The van der Waals surface area contributed by atoms with Gasteiger partial charge < -0.3 is 4.90 Å². The van der Waals surface area contributed by atoms with Gasteiger partial charge in [0, 0.05) is 18.1 Å². The van der Waals surface area contributed by atoms with E-state index in [0.29, 0.717) is 0 Å². The molecule has 3 aromatic carbocycles. The van der Waals surface area contributed by atoms with Crippen molar-refractivity contribution in [2.75, 3.05) is 4.90 Å².